The molecule has 3 aromatic heterocycles. The molecule has 5 aromatic rings. The first-order chi connectivity index (χ1) is 14.4. The molecule has 0 atom stereocenters. The third-order valence-corrected chi connectivity index (χ3v) is 4.32. The highest BCUT2D eigenvalue weighted by Gasteiger charge is 2.13. The number of fused-ring (bicyclic) bond motifs is 1. The first-order valence-electron chi connectivity index (χ1n) is 8.98. The number of aromatic nitrogens is 2. The second-order valence-electron chi connectivity index (χ2n) is 6.21. The lowest BCUT2D eigenvalue weighted by Crippen LogP contribution is -1.93. The van der Waals surface area contributed by atoms with Crippen LogP contribution >= 0.6 is 0 Å². The molecule has 5 rings (SSSR count). The Hall–Kier alpha value is -4.26. The highest BCUT2D eigenvalue weighted by atomic mass is 16.4. The number of nitrogens with one attached hydrogen (secondary N) is 1. The summed E-state index contributed by atoms with van der Waals surface area (Å²) in [6, 6.07) is 21.1. The highest BCUT2D eigenvalue weighted by Crippen LogP contribution is 2.29. The summed E-state index contributed by atoms with van der Waals surface area (Å²) >= 11 is 0. The molecule has 7 heteroatoms. The lowest BCUT2D eigenvalue weighted by atomic mass is 10.1. The van der Waals surface area contributed by atoms with Gasteiger partial charge < -0.3 is 13.8 Å². The predicted octanol–water partition coefficient (Wildman–Crippen LogP) is 6.28. The van der Waals surface area contributed by atoms with Gasteiger partial charge in [0.15, 0.2) is 5.76 Å². The number of azo groups is 1. The minimum absolute atomic E-state index is 0.170. The van der Waals surface area contributed by atoms with E-state index in [0.717, 1.165) is 16.5 Å². The van der Waals surface area contributed by atoms with Crippen LogP contribution in [0.25, 0.3) is 22.2 Å². The van der Waals surface area contributed by atoms with Crippen molar-refractivity contribution < 1.29 is 8.83 Å². The number of benzene rings is 2. The van der Waals surface area contributed by atoms with Gasteiger partial charge in [-0.25, -0.2) is 0 Å². The largest absolute Gasteiger partial charge is 0.461 e. The number of hydrogen-bond acceptors (Lipinski definition) is 5. The summed E-state index contributed by atoms with van der Waals surface area (Å²) in [6.07, 6.45) is 5.02. The van der Waals surface area contributed by atoms with Crippen molar-refractivity contribution >= 4 is 28.4 Å². The average molecular weight is 381 g/mol. The van der Waals surface area contributed by atoms with E-state index in [4.69, 9.17) is 8.83 Å². The Morgan fingerprint density at radius 1 is 0.897 bits per heavy atom. The number of para-hydroxylation sites is 1. The van der Waals surface area contributed by atoms with Crippen LogP contribution < -0.4 is 0 Å². The van der Waals surface area contributed by atoms with E-state index in [1.165, 1.54) is 0 Å². The number of hydrogen-bond donors (Lipinski definition) is 1. The Labute approximate surface area is 165 Å². The smallest absolute Gasteiger partial charge is 0.324 e. The fourth-order valence-corrected chi connectivity index (χ4v) is 2.95. The Morgan fingerprint density at radius 2 is 1.76 bits per heavy atom. The average Bonchev–Trinajstić information content (AvgIpc) is 3.52. The predicted molar refractivity (Wildman–Crippen MR) is 110 cm³/mol. The Kier molecular flexibility index (Phi) is 4.31. The molecule has 1 N–H and O–H groups in total. The molecule has 0 aliphatic carbocycles. The molecular weight excluding hydrogens is 366 g/mol. The van der Waals surface area contributed by atoms with E-state index < -0.39 is 0 Å². The SMILES string of the molecule is c1ccc(N=N/C(=N\c2nc(-c3c[nH]c4ccccc34)co2)c2ccco2)cc1. The molecule has 3 heterocycles. The van der Waals surface area contributed by atoms with Crippen LogP contribution in [0.15, 0.2) is 110 Å². The van der Waals surface area contributed by atoms with Gasteiger partial charge in [0.25, 0.3) is 0 Å². The van der Waals surface area contributed by atoms with Crippen LogP contribution in [0.4, 0.5) is 11.7 Å². The molecule has 0 bridgehead atoms. The number of aromatic amines is 1. The molecule has 0 unspecified atom stereocenters. The van der Waals surface area contributed by atoms with Crippen molar-refractivity contribution in [2.24, 2.45) is 15.2 Å². The zero-order valence-corrected chi connectivity index (χ0v) is 15.2. The lowest BCUT2D eigenvalue weighted by molar-refractivity contribution is 0.552. The third kappa shape index (κ3) is 3.49. The van der Waals surface area contributed by atoms with E-state index >= 15 is 0 Å². The molecule has 0 amide bonds. The van der Waals surface area contributed by atoms with Gasteiger partial charge in [0.2, 0.25) is 5.84 Å². The van der Waals surface area contributed by atoms with Gasteiger partial charge in [-0.1, -0.05) is 36.4 Å². The van der Waals surface area contributed by atoms with E-state index in [9.17, 15) is 0 Å². The van der Waals surface area contributed by atoms with Crippen LogP contribution in [-0.4, -0.2) is 15.8 Å². The first-order valence-corrected chi connectivity index (χ1v) is 8.98. The number of furan rings is 1. The van der Waals surface area contributed by atoms with E-state index in [-0.39, 0.29) is 11.9 Å². The molecule has 2 aromatic carbocycles. The number of oxazole rings is 1. The maximum atomic E-state index is 5.56. The number of amidine groups is 1. The summed E-state index contributed by atoms with van der Waals surface area (Å²) < 4.78 is 11.0. The molecule has 0 aliphatic heterocycles. The molecule has 7 nitrogen and oxygen atoms in total. The molecule has 140 valence electrons. The first kappa shape index (κ1) is 16.9. The maximum absolute atomic E-state index is 5.56. The summed E-state index contributed by atoms with van der Waals surface area (Å²) in [4.78, 5) is 12.1. The second kappa shape index (κ2) is 7.40. The summed E-state index contributed by atoms with van der Waals surface area (Å²) in [5.74, 6) is 0.739. The van der Waals surface area contributed by atoms with Crippen LogP contribution in [0.5, 0.6) is 0 Å². The topological polar surface area (TPSA) is 92.0 Å². The molecule has 0 fully saturated rings. The maximum Gasteiger partial charge on any atom is 0.324 e. The monoisotopic (exact) mass is 381 g/mol. The molecule has 0 aliphatic rings. The van der Waals surface area contributed by atoms with Gasteiger partial charge in [0.05, 0.1) is 12.0 Å². The Balaban J connectivity index is 1.50. The highest BCUT2D eigenvalue weighted by molar-refractivity contribution is 5.98. The molecular formula is C22H15N5O2. The molecule has 0 saturated heterocycles. The summed E-state index contributed by atoms with van der Waals surface area (Å²) in [5.41, 5.74) is 3.36. The van der Waals surface area contributed by atoms with Crippen LogP contribution in [-0.2, 0) is 0 Å². The number of nitrogens with zero attached hydrogens (tertiary/aromatic N) is 4. The summed E-state index contributed by atoms with van der Waals surface area (Å²) in [6.45, 7) is 0. The number of rotatable bonds is 4. The minimum Gasteiger partial charge on any atom is -0.461 e. The van der Waals surface area contributed by atoms with Crippen molar-refractivity contribution in [2.75, 3.05) is 0 Å². The summed E-state index contributed by atoms with van der Waals surface area (Å²) in [5, 5.41) is 9.51. The number of H-pyrrole nitrogens is 1. The normalized spacial score (nSPS) is 12.2. The lowest BCUT2D eigenvalue weighted by Gasteiger charge is -1.95. The van der Waals surface area contributed by atoms with Crippen LogP contribution in [0.2, 0.25) is 0 Å². The molecule has 29 heavy (non-hydrogen) atoms. The third-order valence-electron chi connectivity index (χ3n) is 4.32. The molecule has 0 spiro atoms. The van der Waals surface area contributed by atoms with Gasteiger partial charge in [-0.2, -0.15) is 9.98 Å². The van der Waals surface area contributed by atoms with E-state index in [0.29, 0.717) is 17.1 Å². The zero-order chi connectivity index (χ0) is 19.5. The van der Waals surface area contributed by atoms with Crippen molar-refractivity contribution in [3.63, 3.8) is 0 Å². The van der Waals surface area contributed by atoms with Gasteiger partial charge in [0, 0.05) is 22.7 Å². The van der Waals surface area contributed by atoms with Crippen molar-refractivity contribution in [2.45, 2.75) is 0 Å². The van der Waals surface area contributed by atoms with Crippen molar-refractivity contribution in [1.82, 2.24) is 9.97 Å². The Morgan fingerprint density at radius 3 is 2.62 bits per heavy atom. The zero-order valence-electron chi connectivity index (χ0n) is 15.2. The van der Waals surface area contributed by atoms with E-state index in [1.54, 1.807) is 24.7 Å². The molecule has 0 radical (unpaired) electrons. The van der Waals surface area contributed by atoms with E-state index in [1.807, 2.05) is 60.8 Å². The van der Waals surface area contributed by atoms with Gasteiger partial charge in [-0.3, -0.25) is 0 Å². The van der Waals surface area contributed by atoms with E-state index in [2.05, 4.69) is 25.2 Å². The Bertz CT molecular complexity index is 1300. The molecule has 0 saturated carbocycles. The minimum atomic E-state index is 0.170. The van der Waals surface area contributed by atoms with Crippen LogP contribution in [0.3, 0.4) is 0 Å². The van der Waals surface area contributed by atoms with Gasteiger partial charge in [-0.05, 0) is 30.3 Å². The number of aliphatic imine (C=N–C) groups is 1. The van der Waals surface area contributed by atoms with Crippen LogP contribution in [0.1, 0.15) is 5.76 Å². The van der Waals surface area contributed by atoms with Crippen molar-refractivity contribution in [3.8, 4) is 11.3 Å². The van der Waals surface area contributed by atoms with Gasteiger partial charge >= 0.3 is 6.01 Å². The fourth-order valence-electron chi connectivity index (χ4n) is 2.95. The van der Waals surface area contributed by atoms with Crippen LogP contribution in [0, 0.1) is 0 Å². The standard InChI is InChI=1S/C22H15N5O2/c1-2-7-15(8-3-1)26-27-21(20-11-6-12-28-20)25-22-24-19(14-29-22)17-13-23-18-10-5-4-9-16(17)18/h1-14,23H/b25-21-,27-26?. The van der Waals surface area contributed by atoms with Gasteiger partial charge in [0.1, 0.15) is 12.0 Å². The fraction of sp³-hybridized carbons (Fsp3) is 0. The summed E-state index contributed by atoms with van der Waals surface area (Å²) in [7, 11) is 0. The van der Waals surface area contributed by atoms with Crippen molar-refractivity contribution in [3.05, 3.63) is 91.2 Å². The quantitative estimate of drug-likeness (QED) is 0.226. The van der Waals surface area contributed by atoms with Gasteiger partial charge in [-0.15, -0.1) is 10.2 Å². The van der Waals surface area contributed by atoms with Crippen molar-refractivity contribution in [1.29, 1.82) is 0 Å². The second-order valence-corrected chi connectivity index (χ2v) is 6.21.